The second-order valence-electron chi connectivity index (χ2n) is 8.04. The Morgan fingerprint density at radius 2 is 1.45 bits per heavy atom. The molecule has 0 amide bonds. The van der Waals surface area contributed by atoms with Crippen molar-refractivity contribution in [3.05, 3.63) is 41.6 Å². The zero-order valence-electron chi connectivity index (χ0n) is 13.9. The minimum atomic E-state index is 0.197. The van der Waals surface area contributed by atoms with Crippen LogP contribution in [0.3, 0.4) is 0 Å². The van der Waals surface area contributed by atoms with Crippen LogP contribution >= 0.6 is 0 Å². The Labute approximate surface area is 123 Å². The number of nitrogens with zero attached hydrogens (tertiary/aromatic N) is 1. The lowest BCUT2D eigenvalue weighted by molar-refractivity contribution is 0.172. The van der Waals surface area contributed by atoms with Crippen molar-refractivity contribution < 1.29 is 0 Å². The molecule has 0 N–H and O–H groups in total. The van der Waals surface area contributed by atoms with E-state index in [4.69, 9.17) is 4.98 Å². The van der Waals surface area contributed by atoms with E-state index in [-0.39, 0.29) is 10.8 Å². The first-order valence-corrected chi connectivity index (χ1v) is 7.47. The summed E-state index contributed by atoms with van der Waals surface area (Å²) in [6.45, 7) is 16.0. The zero-order chi connectivity index (χ0) is 15.1. The molecule has 0 saturated carbocycles. The first-order chi connectivity index (χ1) is 9.10. The molecule has 0 aliphatic rings. The number of benzene rings is 1. The molecule has 0 radical (unpaired) electrons. The first kappa shape index (κ1) is 15.0. The molecule has 0 spiro atoms. The Morgan fingerprint density at radius 3 is 2.00 bits per heavy atom. The van der Waals surface area contributed by atoms with Crippen LogP contribution in [0.1, 0.15) is 58.7 Å². The summed E-state index contributed by atoms with van der Waals surface area (Å²) in [4.78, 5) is 4.97. The lowest BCUT2D eigenvalue weighted by Crippen LogP contribution is -2.31. The molecule has 0 saturated heterocycles. The number of fused-ring (bicyclic) bond motifs is 1. The molecule has 0 aliphatic carbocycles. The summed E-state index contributed by atoms with van der Waals surface area (Å²) >= 11 is 0. The molecule has 1 aromatic heterocycles. The van der Waals surface area contributed by atoms with E-state index in [1.54, 1.807) is 0 Å². The average molecular weight is 269 g/mol. The Morgan fingerprint density at radius 1 is 0.850 bits per heavy atom. The maximum Gasteiger partial charge on any atom is 0.0708 e. The van der Waals surface area contributed by atoms with Gasteiger partial charge in [-0.05, 0) is 35.4 Å². The molecular weight excluding hydrogens is 242 g/mol. The fourth-order valence-electron chi connectivity index (χ4n) is 3.67. The van der Waals surface area contributed by atoms with Gasteiger partial charge in [0.25, 0.3) is 0 Å². The summed E-state index contributed by atoms with van der Waals surface area (Å²) < 4.78 is 0. The van der Waals surface area contributed by atoms with Gasteiger partial charge in [-0.3, -0.25) is 4.98 Å². The van der Waals surface area contributed by atoms with Crippen LogP contribution in [0.2, 0.25) is 0 Å². The fraction of sp³-hybridized carbons (Fsp3) is 0.526. The molecular formula is C19H27N. The van der Waals surface area contributed by atoms with E-state index < -0.39 is 0 Å². The highest BCUT2D eigenvalue weighted by atomic mass is 14.7. The predicted octanol–water partition coefficient (Wildman–Crippen LogP) is 5.72. The van der Waals surface area contributed by atoms with Crippen molar-refractivity contribution in [1.82, 2.24) is 4.98 Å². The normalized spacial score (nSPS) is 13.2. The minimum absolute atomic E-state index is 0.197. The average Bonchev–Trinajstić information content (AvgIpc) is 2.25. The second-order valence-corrected chi connectivity index (χ2v) is 8.04. The summed E-state index contributed by atoms with van der Waals surface area (Å²) in [5.41, 5.74) is 4.01. The summed E-state index contributed by atoms with van der Waals surface area (Å²) in [6.07, 6.45) is 0. The van der Waals surface area contributed by atoms with Gasteiger partial charge in [-0.1, -0.05) is 59.7 Å². The molecule has 108 valence electrons. The van der Waals surface area contributed by atoms with Crippen LogP contribution < -0.4 is 0 Å². The van der Waals surface area contributed by atoms with Gasteiger partial charge in [0.2, 0.25) is 0 Å². The SMILES string of the molecule is Cc1cccc2nc(C(C(C)(C)C)C(C)(C)C)ccc12. The van der Waals surface area contributed by atoms with E-state index in [1.165, 1.54) is 16.6 Å². The lowest BCUT2D eigenvalue weighted by atomic mass is 9.65. The van der Waals surface area contributed by atoms with Crippen LogP contribution in [-0.2, 0) is 0 Å². The van der Waals surface area contributed by atoms with E-state index >= 15 is 0 Å². The van der Waals surface area contributed by atoms with Crippen molar-refractivity contribution >= 4 is 10.9 Å². The monoisotopic (exact) mass is 269 g/mol. The summed E-state index contributed by atoms with van der Waals surface area (Å²) in [7, 11) is 0. The second kappa shape index (κ2) is 4.87. The van der Waals surface area contributed by atoms with Gasteiger partial charge in [0.15, 0.2) is 0 Å². The molecule has 0 fully saturated rings. The Balaban J connectivity index is 2.61. The number of aromatic nitrogens is 1. The van der Waals surface area contributed by atoms with Crippen LogP contribution in [-0.4, -0.2) is 4.98 Å². The molecule has 0 bridgehead atoms. The minimum Gasteiger partial charge on any atom is -0.252 e. The number of pyridine rings is 1. The molecule has 2 aromatic rings. The van der Waals surface area contributed by atoms with Crippen molar-refractivity contribution in [2.45, 2.75) is 54.4 Å². The highest BCUT2D eigenvalue weighted by molar-refractivity contribution is 5.82. The van der Waals surface area contributed by atoms with Crippen molar-refractivity contribution in [2.75, 3.05) is 0 Å². The Hall–Kier alpha value is -1.37. The van der Waals surface area contributed by atoms with Gasteiger partial charge < -0.3 is 0 Å². The van der Waals surface area contributed by atoms with E-state index in [1.807, 2.05) is 0 Å². The highest BCUT2D eigenvalue weighted by Gasteiger charge is 2.37. The third kappa shape index (κ3) is 2.87. The van der Waals surface area contributed by atoms with Crippen LogP contribution in [0.15, 0.2) is 30.3 Å². The summed E-state index contributed by atoms with van der Waals surface area (Å²) in [5.74, 6) is 0.430. The topological polar surface area (TPSA) is 12.9 Å². The van der Waals surface area contributed by atoms with Crippen molar-refractivity contribution in [3.63, 3.8) is 0 Å². The van der Waals surface area contributed by atoms with E-state index in [0.717, 1.165) is 5.52 Å². The molecule has 1 nitrogen and oxygen atoms in total. The van der Waals surface area contributed by atoms with Crippen molar-refractivity contribution in [3.8, 4) is 0 Å². The van der Waals surface area contributed by atoms with Gasteiger partial charge in [0.1, 0.15) is 0 Å². The summed E-state index contributed by atoms with van der Waals surface area (Å²) in [6, 6.07) is 10.8. The van der Waals surface area contributed by atoms with Crippen LogP contribution in [0, 0.1) is 17.8 Å². The number of rotatable bonds is 1. The number of aryl methyl sites for hydroxylation is 1. The first-order valence-electron chi connectivity index (χ1n) is 7.47. The number of hydrogen-bond donors (Lipinski definition) is 0. The highest BCUT2D eigenvalue weighted by Crippen LogP contribution is 2.46. The number of hydrogen-bond acceptors (Lipinski definition) is 1. The quantitative estimate of drug-likeness (QED) is 0.645. The fourth-order valence-corrected chi connectivity index (χ4v) is 3.67. The van der Waals surface area contributed by atoms with Gasteiger partial charge >= 0.3 is 0 Å². The third-order valence-electron chi connectivity index (χ3n) is 4.00. The van der Waals surface area contributed by atoms with Gasteiger partial charge in [-0.2, -0.15) is 0 Å². The molecule has 1 heteroatoms. The van der Waals surface area contributed by atoms with E-state index in [2.05, 4.69) is 78.8 Å². The molecule has 20 heavy (non-hydrogen) atoms. The molecule has 0 atom stereocenters. The Bertz CT molecular complexity index is 598. The van der Waals surface area contributed by atoms with E-state index in [9.17, 15) is 0 Å². The molecule has 2 rings (SSSR count). The maximum absolute atomic E-state index is 4.97. The van der Waals surface area contributed by atoms with Gasteiger partial charge in [0, 0.05) is 17.0 Å². The molecule has 1 aromatic carbocycles. The van der Waals surface area contributed by atoms with Crippen LogP contribution in [0.25, 0.3) is 10.9 Å². The van der Waals surface area contributed by atoms with Crippen molar-refractivity contribution in [2.24, 2.45) is 10.8 Å². The summed E-state index contributed by atoms with van der Waals surface area (Å²) in [5, 5.41) is 1.26. The van der Waals surface area contributed by atoms with Crippen molar-refractivity contribution in [1.29, 1.82) is 0 Å². The smallest absolute Gasteiger partial charge is 0.0708 e. The standard InChI is InChI=1S/C19H27N/c1-13-9-8-10-15-14(13)11-12-16(20-15)17(18(2,3)4)19(5,6)7/h8-12,17H,1-7H3. The van der Waals surface area contributed by atoms with Gasteiger partial charge in [-0.15, -0.1) is 0 Å². The molecule has 0 aliphatic heterocycles. The van der Waals surface area contributed by atoms with E-state index in [0.29, 0.717) is 5.92 Å². The predicted molar refractivity (Wildman–Crippen MR) is 88.1 cm³/mol. The largest absolute Gasteiger partial charge is 0.252 e. The molecule has 1 heterocycles. The third-order valence-corrected chi connectivity index (χ3v) is 4.00. The zero-order valence-corrected chi connectivity index (χ0v) is 13.9. The van der Waals surface area contributed by atoms with Gasteiger partial charge in [0.05, 0.1) is 5.52 Å². The van der Waals surface area contributed by atoms with Crippen LogP contribution in [0.4, 0.5) is 0 Å². The lowest BCUT2D eigenvalue weighted by Gasteiger charge is -2.40. The van der Waals surface area contributed by atoms with Gasteiger partial charge in [-0.25, -0.2) is 0 Å². The van der Waals surface area contributed by atoms with Crippen LogP contribution in [0.5, 0.6) is 0 Å². The Kier molecular flexibility index (Phi) is 3.66. The maximum atomic E-state index is 4.97. The molecule has 0 unspecified atom stereocenters.